The van der Waals surface area contributed by atoms with Gasteiger partial charge in [-0.1, -0.05) is 54.6 Å². The number of aliphatic hydroxyl groups is 1. The molecular weight excluding hydrogens is 272 g/mol. The quantitative estimate of drug-likeness (QED) is 0.650. The van der Waals surface area contributed by atoms with Crippen LogP contribution >= 0.6 is 0 Å². The summed E-state index contributed by atoms with van der Waals surface area (Å²) in [7, 11) is 0. The first-order valence-electron chi connectivity index (χ1n) is 7.27. The first-order chi connectivity index (χ1) is 10.7. The number of benzene rings is 2. The fourth-order valence-corrected chi connectivity index (χ4v) is 3.02. The van der Waals surface area contributed by atoms with Gasteiger partial charge in [-0.15, -0.1) is 0 Å². The van der Waals surface area contributed by atoms with Crippen molar-refractivity contribution in [3.05, 3.63) is 77.0 Å². The van der Waals surface area contributed by atoms with Crippen molar-refractivity contribution in [2.24, 2.45) is 0 Å². The molecule has 2 aliphatic rings. The molecule has 1 aliphatic carbocycles. The lowest BCUT2D eigenvalue weighted by Crippen LogP contribution is -2.17. The Morgan fingerprint density at radius 2 is 1.73 bits per heavy atom. The number of fused-ring (bicyclic) bond motifs is 2. The van der Waals surface area contributed by atoms with E-state index < -0.39 is 6.10 Å². The highest BCUT2D eigenvalue weighted by Gasteiger charge is 2.22. The number of rotatable bonds is 0. The molecule has 0 saturated heterocycles. The molecule has 108 valence electrons. The van der Waals surface area contributed by atoms with E-state index in [1.165, 1.54) is 0 Å². The maximum Gasteiger partial charge on any atom is 0.100 e. The van der Waals surface area contributed by atoms with Crippen LogP contribution in [0.3, 0.4) is 0 Å². The van der Waals surface area contributed by atoms with E-state index in [0.29, 0.717) is 5.69 Å². The summed E-state index contributed by atoms with van der Waals surface area (Å²) in [5, 5.41) is 13.8. The van der Waals surface area contributed by atoms with Crippen molar-refractivity contribution in [1.29, 1.82) is 0 Å². The highest BCUT2D eigenvalue weighted by molar-refractivity contribution is 5.92. The maximum atomic E-state index is 10.4. The second kappa shape index (κ2) is 4.90. The molecule has 4 rings (SSSR count). The average Bonchev–Trinajstić information content (AvgIpc) is 2.55. The molecule has 2 aromatic rings. The lowest BCUT2D eigenvalue weighted by Gasteiger charge is -2.25. The molecule has 1 aliphatic heterocycles. The van der Waals surface area contributed by atoms with Crippen molar-refractivity contribution in [3.63, 3.8) is 0 Å². The Morgan fingerprint density at radius 3 is 2.64 bits per heavy atom. The third-order valence-electron chi connectivity index (χ3n) is 4.11. The number of anilines is 2. The molecule has 4 N–H and O–H groups in total. The number of allylic oxidation sites excluding steroid dienone is 1. The highest BCUT2D eigenvalue weighted by Crippen LogP contribution is 2.37. The van der Waals surface area contributed by atoms with Crippen LogP contribution in [-0.4, -0.2) is 11.2 Å². The van der Waals surface area contributed by atoms with Gasteiger partial charge in [0.2, 0.25) is 0 Å². The van der Waals surface area contributed by atoms with Crippen LogP contribution in [0.25, 0.3) is 17.7 Å². The molecule has 0 saturated carbocycles. The summed E-state index contributed by atoms with van der Waals surface area (Å²) < 4.78 is 0. The molecule has 0 fully saturated rings. The van der Waals surface area contributed by atoms with Crippen molar-refractivity contribution in [1.82, 2.24) is 0 Å². The minimum absolute atomic E-state index is 0.631. The first-order valence-corrected chi connectivity index (χ1v) is 7.27. The van der Waals surface area contributed by atoms with Gasteiger partial charge in [0.15, 0.2) is 0 Å². The van der Waals surface area contributed by atoms with Gasteiger partial charge in [-0.2, -0.15) is 0 Å². The Morgan fingerprint density at radius 1 is 0.909 bits per heavy atom. The van der Waals surface area contributed by atoms with E-state index in [2.05, 4.69) is 5.32 Å². The molecule has 3 heteroatoms. The summed E-state index contributed by atoms with van der Waals surface area (Å²) >= 11 is 0. The van der Waals surface area contributed by atoms with Gasteiger partial charge in [-0.3, -0.25) is 0 Å². The van der Waals surface area contributed by atoms with Crippen LogP contribution in [0.4, 0.5) is 11.4 Å². The van der Waals surface area contributed by atoms with Crippen molar-refractivity contribution in [3.8, 4) is 0 Å². The summed E-state index contributed by atoms with van der Waals surface area (Å²) in [4.78, 5) is 0. The molecule has 0 amide bonds. The van der Waals surface area contributed by atoms with Gasteiger partial charge in [0, 0.05) is 16.8 Å². The molecule has 0 radical (unpaired) electrons. The third-order valence-corrected chi connectivity index (χ3v) is 4.11. The van der Waals surface area contributed by atoms with Crippen molar-refractivity contribution < 1.29 is 5.11 Å². The smallest absolute Gasteiger partial charge is 0.100 e. The van der Waals surface area contributed by atoms with Crippen molar-refractivity contribution in [2.75, 3.05) is 11.1 Å². The minimum Gasteiger partial charge on any atom is -0.397 e. The molecule has 1 unspecified atom stereocenters. The molecule has 0 bridgehead atoms. The van der Waals surface area contributed by atoms with Crippen LogP contribution in [0.1, 0.15) is 16.7 Å². The van der Waals surface area contributed by atoms with E-state index in [1.54, 1.807) is 0 Å². The van der Waals surface area contributed by atoms with Gasteiger partial charge in [-0.25, -0.2) is 0 Å². The predicted octanol–water partition coefficient (Wildman–Crippen LogP) is 3.51. The number of para-hydroxylation sites is 1. The Hall–Kier alpha value is -2.78. The summed E-state index contributed by atoms with van der Waals surface area (Å²) in [6.45, 7) is 0. The molecular formula is C19H16N2O. The minimum atomic E-state index is -0.631. The topological polar surface area (TPSA) is 58.3 Å². The van der Waals surface area contributed by atoms with Crippen LogP contribution in [-0.2, 0) is 0 Å². The fraction of sp³-hybridized carbons (Fsp3) is 0.0526. The highest BCUT2D eigenvalue weighted by atomic mass is 16.3. The predicted molar refractivity (Wildman–Crippen MR) is 91.9 cm³/mol. The van der Waals surface area contributed by atoms with Crippen LogP contribution in [0.2, 0.25) is 0 Å². The fourth-order valence-electron chi connectivity index (χ4n) is 3.02. The summed E-state index contributed by atoms with van der Waals surface area (Å²) in [5.74, 6) is 0. The van der Waals surface area contributed by atoms with Crippen LogP contribution < -0.4 is 11.1 Å². The van der Waals surface area contributed by atoms with E-state index in [-0.39, 0.29) is 0 Å². The van der Waals surface area contributed by atoms with Crippen LogP contribution in [0.5, 0.6) is 0 Å². The first kappa shape index (κ1) is 12.9. The van der Waals surface area contributed by atoms with Gasteiger partial charge >= 0.3 is 0 Å². The zero-order chi connectivity index (χ0) is 15.1. The van der Waals surface area contributed by atoms with Gasteiger partial charge in [-0.05, 0) is 23.3 Å². The van der Waals surface area contributed by atoms with E-state index in [9.17, 15) is 5.11 Å². The molecule has 3 nitrogen and oxygen atoms in total. The molecule has 22 heavy (non-hydrogen) atoms. The molecule has 2 aromatic carbocycles. The molecule has 0 spiro atoms. The maximum absolute atomic E-state index is 10.4. The van der Waals surface area contributed by atoms with Crippen LogP contribution in [0.15, 0.2) is 60.3 Å². The van der Waals surface area contributed by atoms with E-state index in [4.69, 9.17) is 5.73 Å². The number of nitrogens with two attached hydrogens (primary N) is 1. The zero-order valence-electron chi connectivity index (χ0n) is 12.0. The summed E-state index contributed by atoms with van der Waals surface area (Å²) in [5.41, 5.74) is 12.6. The second-order valence-corrected chi connectivity index (χ2v) is 5.49. The van der Waals surface area contributed by atoms with E-state index in [0.717, 1.165) is 33.6 Å². The summed E-state index contributed by atoms with van der Waals surface area (Å²) in [6, 6.07) is 13.9. The summed E-state index contributed by atoms with van der Waals surface area (Å²) in [6.07, 6.45) is 7.16. The SMILES string of the molecule is Nc1cccc2c1NC(=C1c3ccccc3C=CC1O)C=C2. The number of nitrogen functional groups attached to an aromatic ring is 1. The number of hydrogen-bond acceptors (Lipinski definition) is 3. The monoisotopic (exact) mass is 288 g/mol. The van der Waals surface area contributed by atoms with Gasteiger partial charge < -0.3 is 16.2 Å². The van der Waals surface area contributed by atoms with Crippen molar-refractivity contribution >= 4 is 29.1 Å². The normalized spacial score (nSPS) is 22.0. The number of hydrogen-bond donors (Lipinski definition) is 3. The Balaban J connectivity index is 1.89. The van der Waals surface area contributed by atoms with E-state index in [1.807, 2.05) is 66.8 Å². The second-order valence-electron chi connectivity index (χ2n) is 5.49. The molecule has 1 heterocycles. The largest absolute Gasteiger partial charge is 0.397 e. The zero-order valence-corrected chi connectivity index (χ0v) is 12.0. The Kier molecular flexibility index (Phi) is 2.88. The number of nitrogens with one attached hydrogen (secondary N) is 1. The van der Waals surface area contributed by atoms with E-state index >= 15 is 0 Å². The lowest BCUT2D eigenvalue weighted by molar-refractivity contribution is 0.280. The Labute approximate surface area is 129 Å². The van der Waals surface area contributed by atoms with Gasteiger partial charge in [0.1, 0.15) is 6.10 Å². The molecule has 1 atom stereocenters. The standard InChI is InChI=1S/C19H16N2O/c20-15-7-3-5-13-8-10-16(21-19(13)15)18-14-6-2-1-4-12(14)9-11-17(18)22/h1-11,17,21-22H,20H2. The molecule has 0 aromatic heterocycles. The Bertz CT molecular complexity index is 846. The van der Waals surface area contributed by atoms with Crippen molar-refractivity contribution in [2.45, 2.75) is 6.10 Å². The third kappa shape index (κ3) is 1.95. The average molecular weight is 288 g/mol. The number of aliphatic hydroxyl groups excluding tert-OH is 1. The van der Waals surface area contributed by atoms with Gasteiger partial charge in [0.25, 0.3) is 0 Å². The van der Waals surface area contributed by atoms with Gasteiger partial charge in [0.05, 0.1) is 11.4 Å². The lowest BCUT2D eigenvalue weighted by atomic mass is 9.88. The van der Waals surface area contributed by atoms with Crippen LogP contribution in [0, 0.1) is 0 Å².